The van der Waals surface area contributed by atoms with Crippen molar-refractivity contribution in [2.75, 3.05) is 13.2 Å². The molecule has 20 heavy (non-hydrogen) atoms. The molecule has 0 radical (unpaired) electrons. The smallest absolute Gasteiger partial charge is 0.128 e. The van der Waals surface area contributed by atoms with Crippen LogP contribution in [0.25, 0.3) is 0 Å². The van der Waals surface area contributed by atoms with Crippen molar-refractivity contribution in [1.29, 1.82) is 0 Å². The molecule has 0 saturated heterocycles. The molecule has 0 aliphatic heterocycles. The van der Waals surface area contributed by atoms with E-state index in [1.807, 2.05) is 19.1 Å². The molecule has 1 aromatic carbocycles. The maximum Gasteiger partial charge on any atom is 0.128 e. The van der Waals surface area contributed by atoms with Crippen LogP contribution in [-0.4, -0.2) is 19.3 Å². The van der Waals surface area contributed by atoms with Gasteiger partial charge in [-0.25, -0.2) is 0 Å². The van der Waals surface area contributed by atoms with E-state index in [4.69, 9.17) is 9.47 Å². The topological polar surface area (TPSA) is 30.5 Å². The summed E-state index contributed by atoms with van der Waals surface area (Å²) < 4.78 is 11.6. The Balaban J connectivity index is 2.81. The third kappa shape index (κ3) is 5.66. The lowest BCUT2D eigenvalue weighted by atomic mass is 10.2. The first kappa shape index (κ1) is 16.6. The van der Waals surface area contributed by atoms with Crippen LogP contribution < -0.4 is 14.8 Å². The Morgan fingerprint density at radius 2 is 2.10 bits per heavy atom. The standard InChI is InChI=1S/C17H27NO2/c1-5-10-18-13-15-8-9-16(19-11-6-2)12-17(15)20-14(4)7-3/h7-9,12,14,18H,3,5-6,10-11,13H2,1-2,4H3. The number of hydrogen-bond donors (Lipinski definition) is 1. The summed E-state index contributed by atoms with van der Waals surface area (Å²) in [6, 6.07) is 6.04. The summed E-state index contributed by atoms with van der Waals surface area (Å²) in [6.45, 7) is 12.5. The van der Waals surface area contributed by atoms with Crippen molar-refractivity contribution < 1.29 is 9.47 Å². The first-order valence-corrected chi connectivity index (χ1v) is 7.46. The molecule has 0 fully saturated rings. The zero-order valence-electron chi connectivity index (χ0n) is 12.9. The van der Waals surface area contributed by atoms with Crippen LogP contribution in [0.3, 0.4) is 0 Å². The molecule has 0 aliphatic rings. The summed E-state index contributed by atoms with van der Waals surface area (Å²) in [6.07, 6.45) is 3.90. The predicted octanol–water partition coefficient (Wildman–Crippen LogP) is 3.93. The number of nitrogens with one attached hydrogen (secondary N) is 1. The Kier molecular flexibility index (Phi) is 7.81. The molecule has 0 amide bonds. The van der Waals surface area contributed by atoms with Gasteiger partial charge in [0, 0.05) is 18.2 Å². The Bertz CT molecular complexity index is 404. The van der Waals surface area contributed by atoms with E-state index >= 15 is 0 Å². The molecule has 1 unspecified atom stereocenters. The van der Waals surface area contributed by atoms with Crippen molar-refractivity contribution in [2.24, 2.45) is 0 Å². The van der Waals surface area contributed by atoms with Crippen LogP contribution in [0.2, 0.25) is 0 Å². The first-order chi connectivity index (χ1) is 9.71. The Morgan fingerprint density at radius 3 is 2.75 bits per heavy atom. The van der Waals surface area contributed by atoms with Gasteiger partial charge in [-0.15, -0.1) is 0 Å². The third-order valence-electron chi connectivity index (χ3n) is 2.90. The lowest BCUT2D eigenvalue weighted by Crippen LogP contribution is -2.16. The molecular weight excluding hydrogens is 250 g/mol. The molecule has 112 valence electrons. The van der Waals surface area contributed by atoms with Crippen molar-refractivity contribution in [1.82, 2.24) is 5.32 Å². The normalized spacial score (nSPS) is 11.9. The van der Waals surface area contributed by atoms with Gasteiger partial charge in [-0.1, -0.05) is 32.6 Å². The highest BCUT2D eigenvalue weighted by atomic mass is 16.5. The molecule has 1 rings (SSSR count). The number of rotatable bonds is 10. The Morgan fingerprint density at radius 1 is 1.30 bits per heavy atom. The van der Waals surface area contributed by atoms with Crippen LogP contribution in [0.1, 0.15) is 39.2 Å². The maximum atomic E-state index is 5.91. The van der Waals surface area contributed by atoms with Crippen molar-refractivity contribution in [3.8, 4) is 11.5 Å². The number of ether oxygens (including phenoxy) is 2. The van der Waals surface area contributed by atoms with Gasteiger partial charge >= 0.3 is 0 Å². The van der Waals surface area contributed by atoms with Gasteiger partial charge in [-0.3, -0.25) is 0 Å². The molecule has 0 aliphatic carbocycles. The van der Waals surface area contributed by atoms with Gasteiger partial charge in [0.1, 0.15) is 17.6 Å². The van der Waals surface area contributed by atoms with Crippen LogP contribution >= 0.6 is 0 Å². The zero-order chi connectivity index (χ0) is 14.8. The molecule has 1 atom stereocenters. The van der Waals surface area contributed by atoms with E-state index in [2.05, 4.69) is 31.8 Å². The van der Waals surface area contributed by atoms with Gasteiger partial charge in [0.15, 0.2) is 0 Å². The fourth-order valence-corrected chi connectivity index (χ4v) is 1.75. The van der Waals surface area contributed by atoms with Gasteiger partial charge in [0.2, 0.25) is 0 Å². The fraction of sp³-hybridized carbons (Fsp3) is 0.529. The molecule has 0 saturated carbocycles. The minimum Gasteiger partial charge on any atom is -0.493 e. The fourth-order valence-electron chi connectivity index (χ4n) is 1.75. The maximum absolute atomic E-state index is 5.91. The van der Waals surface area contributed by atoms with Crippen molar-refractivity contribution in [3.05, 3.63) is 36.4 Å². The van der Waals surface area contributed by atoms with Crippen molar-refractivity contribution >= 4 is 0 Å². The van der Waals surface area contributed by atoms with Crippen molar-refractivity contribution in [3.63, 3.8) is 0 Å². The molecule has 3 heteroatoms. The van der Waals surface area contributed by atoms with E-state index in [9.17, 15) is 0 Å². The van der Waals surface area contributed by atoms with Gasteiger partial charge in [0.25, 0.3) is 0 Å². The summed E-state index contributed by atoms with van der Waals surface area (Å²) in [5.74, 6) is 1.73. The second-order valence-corrected chi connectivity index (χ2v) is 4.85. The molecule has 0 bridgehead atoms. The largest absolute Gasteiger partial charge is 0.493 e. The van der Waals surface area contributed by atoms with Gasteiger partial charge in [-0.2, -0.15) is 0 Å². The van der Waals surface area contributed by atoms with Crippen LogP contribution in [-0.2, 0) is 6.54 Å². The highest BCUT2D eigenvalue weighted by molar-refractivity contribution is 5.41. The third-order valence-corrected chi connectivity index (χ3v) is 2.90. The molecule has 0 aromatic heterocycles. The number of benzene rings is 1. The van der Waals surface area contributed by atoms with E-state index in [0.717, 1.165) is 49.6 Å². The van der Waals surface area contributed by atoms with Crippen LogP contribution in [0.4, 0.5) is 0 Å². The molecule has 1 aromatic rings. The Labute approximate surface area is 123 Å². The Hall–Kier alpha value is -1.48. The molecule has 0 heterocycles. The molecule has 3 nitrogen and oxygen atoms in total. The molecule has 0 spiro atoms. The van der Waals surface area contributed by atoms with E-state index < -0.39 is 0 Å². The highest BCUT2D eigenvalue weighted by Gasteiger charge is 2.08. The molecule has 1 N–H and O–H groups in total. The van der Waals surface area contributed by atoms with Crippen LogP contribution in [0, 0.1) is 0 Å². The van der Waals surface area contributed by atoms with E-state index in [-0.39, 0.29) is 6.10 Å². The second-order valence-electron chi connectivity index (χ2n) is 4.85. The van der Waals surface area contributed by atoms with Gasteiger partial charge in [-0.05, 0) is 32.4 Å². The first-order valence-electron chi connectivity index (χ1n) is 7.46. The molecular formula is C17H27NO2. The lowest BCUT2D eigenvalue weighted by molar-refractivity contribution is 0.262. The average Bonchev–Trinajstić information content (AvgIpc) is 2.47. The highest BCUT2D eigenvalue weighted by Crippen LogP contribution is 2.26. The SMILES string of the molecule is C=CC(C)Oc1cc(OCCC)ccc1CNCCC. The van der Waals surface area contributed by atoms with Crippen LogP contribution in [0.15, 0.2) is 30.9 Å². The average molecular weight is 277 g/mol. The summed E-state index contributed by atoms with van der Waals surface area (Å²) in [4.78, 5) is 0. The summed E-state index contributed by atoms with van der Waals surface area (Å²) in [5, 5.41) is 3.40. The summed E-state index contributed by atoms with van der Waals surface area (Å²) >= 11 is 0. The van der Waals surface area contributed by atoms with Crippen molar-refractivity contribution in [2.45, 2.75) is 46.3 Å². The van der Waals surface area contributed by atoms with E-state index in [1.165, 1.54) is 0 Å². The quantitative estimate of drug-likeness (QED) is 0.519. The van der Waals surface area contributed by atoms with Crippen LogP contribution in [0.5, 0.6) is 11.5 Å². The minimum atomic E-state index is -0.0126. The lowest BCUT2D eigenvalue weighted by Gasteiger charge is -2.16. The van der Waals surface area contributed by atoms with E-state index in [1.54, 1.807) is 6.08 Å². The monoisotopic (exact) mass is 277 g/mol. The second kappa shape index (κ2) is 9.43. The minimum absolute atomic E-state index is 0.0126. The summed E-state index contributed by atoms with van der Waals surface area (Å²) in [7, 11) is 0. The van der Waals surface area contributed by atoms with E-state index in [0.29, 0.717) is 0 Å². The summed E-state index contributed by atoms with van der Waals surface area (Å²) in [5.41, 5.74) is 1.15. The van der Waals surface area contributed by atoms with Gasteiger partial charge < -0.3 is 14.8 Å². The number of hydrogen-bond acceptors (Lipinski definition) is 3. The van der Waals surface area contributed by atoms with Gasteiger partial charge in [0.05, 0.1) is 6.61 Å². The predicted molar refractivity (Wildman–Crippen MR) is 84.5 cm³/mol. The zero-order valence-corrected chi connectivity index (χ0v) is 12.9.